The molecule has 1 amide bonds. The molecule has 0 heterocycles. The van der Waals surface area contributed by atoms with Gasteiger partial charge in [0, 0.05) is 23.0 Å². The van der Waals surface area contributed by atoms with Crippen LogP contribution in [0.2, 0.25) is 0 Å². The van der Waals surface area contributed by atoms with Gasteiger partial charge >= 0.3 is 0 Å². The molecule has 0 bridgehead atoms. The van der Waals surface area contributed by atoms with Gasteiger partial charge < -0.3 is 10.1 Å². The van der Waals surface area contributed by atoms with Crippen LogP contribution < -0.4 is 10.1 Å². The topological polar surface area (TPSA) is 75.7 Å². The summed E-state index contributed by atoms with van der Waals surface area (Å²) in [5.41, 5.74) is 0.744. The molecule has 0 aromatic heterocycles. The lowest BCUT2D eigenvalue weighted by molar-refractivity contribution is -0.120. The van der Waals surface area contributed by atoms with Crippen LogP contribution in [0.3, 0.4) is 0 Å². The fraction of sp³-hybridized carbons (Fsp3) is 0.350. The maximum atomic E-state index is 12.4. The summed E-state index contributed by atoms with van der Waals surface area (Å²) in [4.78, 5) is 14.6. The second-order valence-corrected chi connectivity index (χ2v) is 9.54. The highest BCUT2D eigenvalue weighted by molar-refractivity contribution is 9.10. The van der Waals surface area contributed by atoms with Crippen LogP contribution in [0, 0.1) is 0 Å². The van der Waals surface area contributed by atoms with Gasteiger partial charge in [0.2, 0.25) is 5.91 Å². The first kappa shape index (κ1) is 22.4. The zero-order valence-corrected chi connectivity index (χ0v) is 18.6. The number of sulfone groups is 1. The standard InChI is InChI=1S/C20H25BrN2O4S/c1-15(20(24)22-17-8-4-7-16(21)13-17)23(2)11-6-12-27-18-9-5-10-19(14-18)28(3,25)26/h4-5,7-10,13-15H,6,11-12H2,1-3H3,(H,22,24). The minimum Gasteiger partial charge on any atom is -0.494 e. The number of halogens is 1. The number of carbonyl (C=O) groups excluding carboxylic acids is 1. The Balaban J connectivity index is 1.78. The Morgan fingerprint density at radius 2 is 1.93 bits per heavy atom. The molecular formula is C20H25BrN2O4S. The molecule has 0 saturated carbocycles. The van der Waals surface area contributed by atoms with Crippen LogP contribution in [0.25, 0.3) is 0 Å². The summed E-state index contributed by atoms with van der Waals surface area (Å²) in [7, 11) is -1.37. The number of hydrogen-bond acceptors (Lipinski definition) is 5. The van der Waals surface area contributed by atoms with Crippen molar-refractivity contribution in [2.24, 2.45) is 0 Å². The van der Waals surface area contributed by atoms with Crippen molar-refractivity contribution in [3.05, 3.63) is 53.0 Å². The normalized spacial score (nSPS) is 12.6. The zero-order chi connectivity index (χ0) is 20.7. The van der Waals surface area contributed by atoms with E-state index in [0.29, 0.717) is 25.3 Å². The molecule has 0 aliphatic rings. The van der Waals surface area contributed by atoms with E-state index in [0.717, 1.165) is 10.2 Å². The monoisotopic (exact) mass is 468 g/mol. The Bertz CT molecular complexity index is 918. The number of rotatable bonds is 9. The van der Waals surface area contributed by atoms with E-state index in [9.17, 15) is 13.2 Å². The molecule has 0 aliphatic heterocycles. The van der Waals surface area contributed by atoms with Gasteiger partial charge in [-0.15, -0.1) is 0 Å². The van der Waals surface area contributed by atoms with Gasteiger partial charge in [0.05, 0.1) is 17.5 Å². The third kappa shape index (κ3) is 6.92. The van der Waals surface area contributed by atoms with Crippen LogP contribution in [0.15, 0.2) is 57.9 Å². The first-order chi connectivity index (χ1) is 13.2. The summed E-state index contributed by atoms with van der Waals surface area (Å²) >= 11 is 3.39. The van der Waals surface area contributed by atoms with Crippen LogP contribution in [-0.4, -0.2) is 51.7 Å². The molecule has 0 radical (unpaired) electrons. The second kappa shape index (κ2) is 10.0. The van der Waals surface area contributed by atoms with Crippen LogP contribution in [0.4, 0.5) is 5.69 Å². The molecule has 28 heavy (non-hydrogen) atoms. The summed E-state index contributed by atoms with van der Waals surface area (Å²) in [6.45, 7) is 2.94. The number of hydrogen-bond donors (Lipinski definition) is 1. The molecule has 2 aromatic carbocycles. The number of anilines is 1. The number of nitrogens with zero attached hydrogens (tertiary/aromatic N) is 1. The van der Waals surface area contributed by atoms with E-state index in [2.05, 4.69) is 21.2 Å². The first-order valence-corrected chi connectivity index (χ1v) is 11.5. The predicted octanol–water partition coefficient (Wildman–Crippen LogP) is 3.58. The number of amides is 1. The molecule has 0 spiro atoms. The first-order valence-electron chi connectivity index (χ1n) is 8.86. The summed E-state index contributed by atoms with van der Waals surface area (Å²) in [5, 5.41) is 2.90. The predicted molar refractivity (Wildman–Crippen MR) is 115 cm³/mol. The molecule has 0 fully saturated rings. The number of likely N-dealkylation sites (N-methyl/N-ethyl adjacent to an activating group) is 1. The number of nitrogens with one attached hydrogen (secondary N) is 1. The number of ether oxygens (including phenoxy) is 1. The van der Waals surface area contributed by atoms with E-state index in [1.807, 2.05) is 43.1 Å². The molecule has 2 aromatic rings. The van der Waals surface area contributed by atoms with E-state index < -0.39 is 9.84 Å². The maximum absolute atomic E-state index is 12.4. The van der Waals surface area contributed by atoms with Gasteiger partial charge in [0.1, 0.15) is 5.75 Å². The van der Waals surface area contributed by atoms with Crippen LogP contribution in [0.1, 0.15) is 13.3 Å². The van der Waals surface area contributed by atoms with Crippen molar-refractivity contribution >= 4 is 37.4 Å². The third-order valence-corrected chi connectivity index (χ3v) is 5.89. The van der Waals surface area contributed by atoms with Gasteiger partial charge in [-0.05, 0) is 56.8 Å². The highest BCUT2D eigenvalue weighted by Crippen LogP contribution is 2.18. The van der Waals surface area contributed by atoms with Gasteiger partial charge in [0.25, 0.3) is 0 Å². The largest absolute Gasteiger partial charge is 0.494 e. The van der Waals surface area contributed by atoms with Crippen LogP contribution >= 0.6 is 15.9 Å². The zero-order valence-electron chi connectivity index (χ0n) is 16.2. The van der Waals surface area contributed by atoms with Gasteiger partial charge in [-0.2, -0.15) is 0 Å². The molecular weight excluding hydrogens is 444 g/mol. The van der Waals surface area contributed by atoms with Gasteiger partial charge in [-0.3, -0.25) is 9.69 Å². The van der Waals surface area contributed by atoms with E-state index in [4.69, 9.17) is 4.74 Å². The Labute approximate surface area is 174 Å². The van der Waals surface area contributed by atoms with Crippen molar-refractivity contribution in [3.63, 3.8) is 0 Å². The average Bonchev–Trinajstić information content (AvgIpc) is 2.64. The summed E-state index contributed by atoms with van der Waals surface area (Å²) in [6.07, 6.45) is 1.87. The van der Waals surface area contributed by atoms with Crippen LogP contribution in [-0.2, 0) is 14.6 Å². The van der Waals surface area contributed by atoms with Crippen molar-refractivity contribution in [3.8, 4) is 5.75 Å². The SMILES string of the molecule is CC(C(=O)Nc1cccc(Br)c1)N(C)CCCOc1cccc(S(C)(=O)=O)c1. The van der Waals surface area contributed by atoms with Gasteiger partial charge in [-0.25, -0.2) is 8.42 Å². The fourth-order valence-corrected chi connectivity index (χ4v) is 3.56. The van der Waals surface area contributed by atoms with Crippen LogP contribution in [0.5, 0.6) is 5.75 Å². The molecule has 0 saturated heterocycles. The molecule has 8 heteroatoms. The molecule has 6 nitrogen and oxygen atoms in total. The average molecular weight is 469 g/mol. The Kier molecular flexibility index (Phi) is 8.03. The maximum Gasteiger partial charge on any atom is 0.241 e. The fourth-order valence-electron chi connectivity index (χ4n) is 2.51. The number of carbonyl (C=O) groups is 1. The third-order valence-electron chi connectivity index (χ3n) is 4.29. The Morgan fingerprint density at radius 1 is 1.21 bits per heavy atom. The quantitative estimate of drug-likeness (QED) is 0.569. The summed E-state index contributed by atoms with van der Waals surface area (Å²) in [5.74, 6) is 0.438. The second-order valence-electron chi connectivity index (χ2n) is 6.61. The minimum absolute atomic E-state index is 0.0811. The molecule has 1 atom stereocenters. The highest BCUT2D eigenvalue weighted by Gasteiger charge is 2.18. The highest BCUT2D eigenvalue weighted by atomic mass is 79.9. The van der Waals surface area contributed by atoms with Crippen molar-refractivity contribution < 1.29 is 17.9 Å². The van der Waals surface area contributed by atoms with E-state index in [-0.39, 0.29) is 16.8 Å². The lowest BCUT2D eigenvalue weighted by atomic mass is 10.2. The van der Waals surface area contributed by atoms with E-state index >= 15 is 0 Å². The van der Waals surface area contributed by atoms with E-state index in [1.165, 1.54) is 12.3 Å². The van der Waals surface area contributed by atoms with Gasteiger partial charge in [0.15, 0.2) is 9.84 Å². The Morgan fingerprint density at radius 3 is 2.61 bits per heavy atom. The lowest BCUT2D eigenvalue weighted by Gasteiger charge is -2.24. The number of benzene rings is 2. The molecule has 0 aliphatic carbocycles. The minimum atomic E-state index is -3.25. The van der Waals surface area contributed by atoms with Crippen molar-refractivity contribution in [2.45, 2.75) is 24.3 Å². The molecule has 1 unspecified atom stereocenters. The smallest absolute Gasteiger partial charge is 0.241 e. The molecule has 1 N–H and O–H groups in total. The molecule has 152 valence electrons. The Hall–Kier alpha value is -1.90. The van der Waals surface area contributed by atoms with Crippen molar-refractivity contribution in [2.75, 3.05) is 31.8 Å². The lowest BCUT2D eigenvalue weighted by Crippen LogP contribution is -2.40. The summed E-state index contributed by atoms with van der Waals surface area (Å²) < 4.78 is 29.7. The van der Waals surface area contributed by atoms with Crippen molar-refractivity contribution in [1.29, 1.82) is 0 Å². The van der Waals surface area contributed by atoms with Gasteiger partial charge in [-0.1, -0.05) is 28.1 Å². The van der Waals surface area contributed by atoms with E-state index in [1.54, 1.807) is 18.2 Å². The molecule has 2 rings (SSSR count). The summed E-state index contributed by atoms with van der Waals surface area (Å²) in [6, 6.07) is 13.6. The van der Waals surface area contributed by atoms with Crippen molar-refractivity contribution in [1.82, 2.24) is 4.90 Å².